The first-order chi connectivity index (χ1) is 9.38. The third-order valence-corrected chi connectivity index (χ3v) is 2.64. The van der Waals surface area contributed by atoms with Crippen LogP contribution in [0, 0.1) is 25.5 Å². The zero-order valence-corrected chi connectivity index (χ0v) is 11.1. The molecule has 0 N–H and O–H groups in total. The van der Waals surface area contributed by atoms with Crippen LogP contribution in [0.2, 0.25) is 0 Å². The Labute approximate surface area is 113 Å². The van der Waals surface area contributed by atoms with E-state index < -0.39 is 23.7 Å². The van der Waals surface area contributed by atoms with Gasteiger partial charge in [0.1, 0.15) is 11.6 Å². The number of hydrogen-bond donors (Lipinski definition) is 0. The summed E-state index contributed by atoms with van der Waals surface area (Å²) in [4.78, 5) is 11.8. The third kappa shape index (κ3) is 2.81. The lowest BCUT2D eigenvalue weighted by Gasteiger charge is -2.10. The highest BCUT2D eigenvalue weighted by molar-refractivity contribution is 5.90. The molecule has 1 heterocycles. The van der Waals surface area contributed by atoms with E-state index in [9.17, 15) is 13.6 Å². The molecule has 0 spiro atoms. The van der Waals surface area contributed by atoms with Crippen molar-refractivity contribution in [2.45, 2.75) is 26.9 Å². The Hall–Kier alpha value is -2.31. The van der Waals surface area contributed by atoms with Gasteiger partial charge in [0.15, 0.2) is 6.10 Å². The molecule has 0 unspecified atom stereocenters. The van der Waals surface area contributed by atoms with E-state index in [4.69, 9.17) is 9.15 Å². The second-order valence-corrected chi connectivity index (χ2v) is 4.29. The Morgan fingerprint density at radius 3 is 2.55 bits per heavy atom. The van der Waals surface area contributed by atoms with Crippen LogP contribution in [0.15, 0.2) is 16.5 Å². The number of rotatable bonds is 3. The molecule has 0 amide bonds. The molecule has 0 saturated heterocycles. The van der Waals surface area contributed by atoms with Gasteiger partial charge in [-0.2, -0.15) is 0 Å². The second-order valence-electron chi connectivity index (χ2n) is 4.29. The van der Waals surface area contributed by atoms with Crippen LogP contribution >= 0.6 is 0 Å². The lowest BCUT2D eigenvalue weighted by Crippen LogP contribution is -2.12. The number of carbonyl (C=O) groups excluding carboxylic acids is 1. The fourth-order valence-electron chi connectivity index (χ4n) is 1.56. The Balaban J connectivity index is 2.18. The van der Waals surface area contributed by atoms with E-state index in [0.717, 1.165) is 6.07 Å². The average Bonchev–Trinajstić information content (AvgIpc) is 2.80. The van der Waals surface area contributed by atoms with Crippen molar-refractivity contribution in [3.63, 3.8) is 0 Å². The van der Waals surface area contributed by atoms with Gasteiger partial charge in [0.25, 0.3) is 5.89 Å². The molecule has 2 aromatic rings. The predicted octanol–water partition coefficient (Wildman–Crippen LogP) is 2.88. The number of benzene rings is 1. The summed E-state index contributed by atoms with van der Waals surface area (Å²) in [7, 11) is 0. The maximum atomic E-state index is 13.5. The van der Waals surface area contributed by atoms with Gasteiger partial charge < -0.3 is 9.15 Å². The molecule has 20 heavy (non-hydrogen) atoms. The van der Waals surface area contributed by atoms with Crippen LogP contribution in [0.1, 0.15) is 40.7 Å². The van der Waals surface area contributed by atoms with Crippen molar-refractivity contribution in [1.29, 1.82) is 0 Å². The molecular weight excluding hydrogens is 270 g/mol. The van der Waals surface area contributed by atoms with E-state index in [1.165, 1.54) is 13.8 Å². The molecule has 0 aliphatic carbocycles. The van der Waals surface area contributed by atoms with E-state index in [2.05, 4.69) is 10.2 Å². The first-order valence-corrected chi connectivity index (χ1v) is 5.85. The molecule has 0 aliphatic rings. The smallest absolute Gasteiger partial charge is 0.341 e. The monoisotopic (exact) mass is 282 g/mol. The van der Waals surface area contributed by atoms with E-state index in [0.29, 0.717) is 12.0 Å². The van der Waals surface area contributed by atoms with Gasteiger partial charge in [0.05, 0.1) is 5.56 Å². The van der Waals surface area contributed by atoms with E-state index in [-0.39, 0.29) is 17.0 Å². The van der Waals surface area contributed by atoms with Gasteiger partial charge in [-0.05, 0) is 25.5 Å². The van der Waals surface area contributed by atoms with Crippen molar-refractivity contribution in [3.8, 4) is 0 Å². The number of hydrogen-bond acceptors (Lipinski definition) is 5. The second kappa shape index (κ2) is 5.36. The third-order valence-electron chi connectivity index (χ3n) is 2.64. The van der Waals surface area contributed by atoms with Gasteiger partial charge in [-0.1, -0.05) is 0 Å². The summed E-state index contributed by atoms with van der Waals surface area (Å²) in [5, 5.41) is 7.30. The molecule has 1 atom stereocenters. The summed E-state index contributed by atoms with van der Waals surface area (Å²) < 4.78 is 36.8. The molecule has 1 aromatic carbocycles. The maximum Gasteiger partial charge on any atom is 0.341 e. The Kier molecular flexibility index (Phi) is 3.78. The van der Waals surface area contributed by atoms with Gasteiger partial charge in [-0.3, -0.25) is 0 Å². The average molecular weight is 282 g/mol. The highest BCUT2D eigenvalue weighted by Crippen LogP contribution is 2.20. The molecule has 0 radical (unpaired) electrons. The topological polar surface area (TPSA) is 65.2 Å². The number of aromatic nitrogens is 2. The highest BCUT2D eigenvalue weighted by Gasteiger charge is 2.21. The summed E-state index contributed by atoms with van der Waals surface area (Å²) in [6, 6.07) is 1.74. The summed E-state index contributed by atoms with van der Waals surface area (Å²) in [5.74, 6) is -2.19. The lowest BCUT2D eigenvalue weighted by molar-refractivity contribution is 0.0271. The van der Waals surface area contributed by atoms with Gasteiger partial charge in [0, 0.05) is 13.0 Å². The van der Waals surface area contributed by atoms with E-state index in [1.807, 2.05) is 0 Å². The Morgan fingerprint density at radius 2 is 1.95 bits per heavy atom. The van der Waals surface area contributed by atoms with Gasteiger partial charge in [-0.25, -0.2) is 13.6 Å². The normalized spacial score (nSPS) is 12.2. The molecule has 0 fully saturated rings. The fourth-order valence-corrected chi connectivity index (χ4v) is 1.56. The molecule has 0 bridgehead atoms. The standard InChI is InChI=1S/C13H12F2N2O3/c1-6-4-9(11(15)5-10(6)14)13(18)19-7(2)12-17-16-8(3)20-12/h4-5,7H,1-3H3/t7-/m0/s1. The van der Waals surface area contributed by atoms with Crippen molar-refractivity contribution in [2.24, 2.45) is 0 Å². The SMILES string of the molecule is Cc1nnc([C@H](C)OC(=O)c2cc(C)c(F)cc2F)o1. The minimum Gasteiger partial charge on any atom is -0.449 e. The maximum absolute atomic E-state index is 13.5. The zero-order chi connectivity index (χ0) is 14.9. The molecule has 5 nitrogen and oxygen atoms in total. The molecular formula is C13H12F2N2O3. The molecule has 0 aliphatic heterocycles. The molecule has 0 saturated carbocycles. The number of carbonyl (C=O) groups is 1. The van der Waals surface area contributed by atoms with Crippen LogP contribution in [0.3, 0.4) is 0 Å². The number of ether oxygens (including phenoxy) is 1. The highest BCUT2D eigenvalue weighted by atomic mass is 19.1. The predicted molar refractivity (Wildman–Crippen MR) is 64.0 cm³/mol. The van der Waals surface area contributed by atoms with Crippen molar-refractivity contribution >= 4 is 5.97 Å². The van der Waals surface area contributed by atoms with E-state index in [1.54, 1.807) is 6.92 Å². The number of halogens is 2. The summed E-state index contributed by atoms with van der Waals surface area (Å²) in [5.41, 5.74) is -0.188. The van der Waals surface area contributed by atoms with Crippen LogP contribution < -0.4 is 0 Å². The quantitative estimate of drug-likeness (QED) is 0.810. The molecule has 106 valence electrons. The molecule has 7 heteroatoms. The number of aryl methyl sites for hydroxylation is 2. The van der Waals surface area contributed by atoms with Crippen LogP contribution in [-0.4, -0.2) is 16.2 Å². The minimum atomic E-state index is -0.980. The largest absolute Gasteiger partial charge is 0.449 e. The fraction of sp³-hybridized carbons (Fsp3) is 0.308. The van der Waals surface area contributed by atoms with Crippen LogP contribution in [0.5, 0.6) is 0 Å². The number of esters is 1. The van der Waals surface area contributed by atoms with Crippen molar-refractivity contribution in [3.05, 3.63) is 46.7 Å². The van der Waals surface area contributed by atoms with Gasteiger partial charge in [0.2, 0.25) is 5.89 Å². The Bertz CT molecular complexity index is 655. The lowest BCUT2D eigenvalue weighted by atomic mass is 10.1. The number of nitrogens with zero attached hydrogens (tertiary/aromatic N) is 2. The molecule has 2 rings (SSSR count). The summed E-state index contributed by atoms with van der Waals surface area (Å²) in [6.07, 6.45) is -0.826. The van der Waals surface area contributed by atoms with Crippen LogP contribution in [-0.2, 0) is 4.74 Å². The summed E-state index contributed by atoms with van der Waals surface area (Å²) >= 11 is 0. The summed E-state index contributed by atoms with van der Waals surface area (Å²) in [6.45, 7) is 4.53. The molecule has 1 aromatic heterocycles. The van der Waals surface area contributed by atoms with Crippen LogP contribution in [0.25, 0.3) is 0 Å². The van der Waals surface area contributed by atoms with Crippen LogP contribution in [0.4, 0.5) is 8.78 Å². The first kappa shape index (κ1) is 14.1. The van der Waals surface area contributed by atoms with E-state index >= 15 is 0 Å². The van der Waals surface area contributed by atoms with Crippen molar-refractivity contribution in [1.82, 2.24) is 10.2 Å². The van der Waals surface area contributed by atoms with Crippen molar-refractivity contribution in [2.75, 3.05) is 0 Å². The minimum absolute atomic E-state index is 0.107. The first-order valence-electron chi connectivity index (χ1n) is 5.85. The van der Waals surface area contributed by atoms with Crippen molar-refractivity contribution < 1.29 is 22.7 Å². The van der Waals surface area contributed by atoms with Gasteiger partial charge in [-0.15, -0.1) is 10.2 Å². The van der Waals surface area contributed by atoms with Gasteiger partial charge >= 0.3 is 5.97 Å². The zero-order valence-electron chi connectivity index (χ0n) is 11.1. The Morgan fingerprint density at radius 1 is 1.25 bits per heavy atom.